The molecule has 0 unspecified atom stereocenters. The third kappa shape index (κ3) is 6.45. The number of rotatable bonds is 7. The van der Waals surface area contributed by atoms with Gasteiger partial charge in [-0.15, -0.1) is 0 Å². The Labute approximate surface area is 214 Å². The van der Waals surface area contributed by atoms with Crippen molar-refractivity contribution in [3.63, 3.8) is 0 Å². The second-order valence-electron chi connectivity index (χ2n) is 6.53. The molecule has 0 heterocycles. The van der Waals surface area contributed by atoms with Gasteiger partial charge in [0.05, 0.1) is 35.5 Å². The lowest BCUT2D eigenvalue weighted by atomic mass is 10.1. The van der Waals surface area contributed by atoms with E-state index in [9.17, 15) is 19.3 Å². The molecule has 11 heteroatoms. The molecule has 0 saturated carbocycles. The van der Waals surface area contributed by atoms with Crippen molar-refractivity contribution in [3.05, 3.63) is 99.9 Å². The van der Waals surface area contributed by atoms with Crippen LogP contribution in [0, 0.1) is 34.4 Å². The van der Waals surface area contributed by atoms with E-state index in [4.69, 9.17) is 10.00 Å². The number of hydrogen-bond acceptors (Lipinski definition) is 6. The maximum Gasteiger partial charge on any atom is 0.274 e. The molecule has 0 spiro atoms. The summed E-state index contributed by atoms with van der Waals surface area (Å²) in [6.07, 6.45) is 1.42. The van der Waals surface area contributed by atoms with Gasteiger partial charge >= 0.3 is 0 Å². The molecule has 1 amide bonds. The first-order chi connectivity index (χ1) is 15.8. The number of hydrazone groups is 1. The molecule has 0 aromatic heterocycles. The van der Waals surface area contributed by atoms with Crippen molar-refractivity contribution in [3.8, 4) is 11.8 Å². The number of nitriles is 1. The average molecular weight is 670 g/mol. The minimum absolute atomic E-state index is 0.0144. The zero-order valence-electron chi connectivity index (χ0n) is 16.6. The summed E-state index contributed by atoms with van der Waals surface area (Å²) in [4.78, 5) is 22.4. The number of hydrogen-bond donors (Lipinski definition) is 1. The zero-order chi connectivity index (χ0) is 24.0. The Morgan fingerprint density at radius 2 is 1.85 bits per heavy atom. The van der Waals surface area contributed by atoms with Crippen LogP contribution in [-0.2, 0) is 6.61 Å². The predicted molar refractivity (Wildman–Crippen MR) is 135 cm³/mol. The average Bonchev–Trinajstić information content (AvgIpc) is 2.78. The fourth-order valence-electron chi connectivity index (χ4n) is 2.66. The molecular weight excluding hydrogens is 657 g/mol. The van der Waals surface area contributed by atoms with Crippen LogP contribution in [0.25, 0.3) is 0 Å². The largest absolute Gasteiger partial charge is 0.487 e. The Balaban J connectivity index is 1.64. The molecule has 0 radical (unpaired) electrons. The molecule has 0 saturated heterocycles. The van der Waals surface area contributed by atoms with Gasteiger partial charge in [-0.2, -0.15) is 10.4 Å². The summed E-state index contributed by atoms with van der Waals surface area (Å²) in [6, 6.07) is 15.1. The van der Waals surface area contributed by atoms with Crippen LogP contribution in [0.4, 0.5) is 10.1 Å². The van der Waals surface area contributed by atoms with Crippen LogP contribution in [0.15, 0.2) is 59.7 Å². The smallest absolute Gasteiger partial charge is 0.274 e. The minimum atomic E-state index is -0.805. The van der Waals surface area contributed by atoms with Gasteiger partial charge in [0, 0.05) is 12.1 Å². The molecule has 0 bridgehead atoms. The van der Waals surface area contributed by atoms with Crippen molar-refractivity contribution in [2.75, 3.05) is 0 Å². The summed E-state index contributed by atoms with van der Waals surface area (Å²) in [5.41, 5.74) is 3.65. The topological polar surface area (TPSA) is 118 Å². The molecule has 33 heavy (non-hydrogen) atoms. The van der Waals surface area contributed by atoms with Gasteiger partial charge in [0.1, 0.15) is 18.2 Å². The Hall–Kier alpha value is -3.12. The molecule has 0 aliphatic heterocycles. The van der Waals surface area contributed by atoms with E-state index >= 15 is 0 Å². The number of non-ortho nitro benzene ring substituents is 1. The molecule has 8 nitrogen and oxygen atoms in total. The van der Waals surface area contributed by atoms with Crippen LogP contribution >= 0.6 is 45.2 Å². The lowest BCUT2D eigenvalue weighted by Gasteiger charge is -2.11. The number of carbonyl (C=O) groups excluding carboxylic acids is 1. The zero-order valence-corrected chi connectivity index (χ0v) is 20.9. The molecule has 3 aromatic carbocycles. The quantitative estimate of drug-likeness (QED) is 0.162. The number of nitrogens with one attached hydrogen (secondary N) is 1. The van der Waals surface area contributed by atoms with Gasteiger partial charge in [0.15, 0.2) is 0 Å². The van der Waals surface area contributed by atoms with Crippen molar-refractivity contribution in [1.82, 2.24) is 5.43 Å². The number of benzene rings is 3. The fraction of sp³-hybridized carbons (Fsp3) is 0.0455. The van der Waals surface area contributed by atoms with Gasteiger partial charge in [-0.3, -0.25) is 14.9 Å². The summed E-state index contributed by atoms with van der Waals surface area (Å²) in [5.74, 6) is -0.892. The molecule has 0 aliphatic carbocycles. The van der Waals surface area contributed by atoms with Crippen molar-refractivity contribution in [2.45, 2.75) is 6.61 Å². The SMILES string of the molecule is N#Cc1ccc(C(=O)N/N=C\c2cc(I)c(OCc3ccc([N+](=O)[O-])cc3)c(I)c2)c(F)c1. The van der Waals surface area contributed by atoms with E-state index in [-0.39, 0.29) is 23.4 Å². The van der Waals surface area contributed by atoms with E-state index in [2.05, 4.69) is 55.7 Å². The van der Waals surface area contributed by atoms with Crippen molar-refractivity contribution < 1.29 is 18.8 Å². The molecule has 0 fully saturated rings. The number of halogens is 3. The van der Waals surface area contributed by atoms with E-state index < -0.39 is 16.6 Å². The minimum Gasteiger partial charge on any atom is -0.487 e. The van der Waals surface area contributed by atoms with Crippen molar-refractivity contribution in [2.24, 2.45) is 5.10 Å². The molecule has 3 rings (SSSR count). The van der Waals surface area contributed by atoms with Crippen LogP contribution in [0.3, 0.4) is 0 Å². The molecular formula is C22H13FI2N4O4. The Morgan fingerprint density at radius 1 is 1.18 bits per heavy atom. The highest BCUT2D eigenvalue weighted by molar-refractivity contribution is 14.1. The maximum absolute atomic E-state index is 13.9. The van der Waals surface area contributed by atoms with Crippen LogP contribution in [0.1, 0.15) is 27.0 Å². The normalized spacial score (nSPS) is 10.6. The van der Waals surface area contributed by atoms with Gasteiger partial charge in [-0.25, -0.2) is 9.82 Å². The fourth-order valence-corrected chi connectivity index (χ4v) is 4.78. The third-order valence-electron chi connectivity index (χ3n) is 4.27. The van der Waals surface area contributed by atoms with Gasteiger partial charge in [-0.05, 0) is 98.8 Å². The van der Waals surface area contributed by atoms with Crippen molar-refractivity contribution in [1.29, 1.82) is 5.26 Å². The van der Waals surface area contributed by atoms with Gasteiger partial charge in [0.2, 0.25) is 0 Å². The third-order valence-corrected chi connectivity index (χ3v) is 5.88. The van der Waals surface area contributed by atoms with Crippen molar-refractivity contribution >= 4 is 63.0 Å². The molecule has 0 atom stereocenters. The standard InChI is InChI=1S/C22H13FI2N4O4/c23-18-7-14(10-26)3-6-17(18)22(30)28-27-11-15-8-19(24)21(20(25)9-15)33-12-13-1-4-16(5-2-13)29(31)32/h1-9,11H,12H2,(H,28,30)/b27-11-. The van der Waals surface area contributed by atoms with E-state index in [1.165, 1.54) is 30.5 Å². The first-order valence-electron chi connectivity index (χ1n) is 9.16. The number of nitro groups is 1. The first kappa shape index (κ1) is 24.5. The summed E-state index contributed by atoms with van der Waals surface area (Å²) in [5, 5.41) is 23.4. The number of nitro benzene ring substituents is 1. The maximum atomic E-state index is 13.9. The lowest BCUT2D eigenvalue weighted by Crippen LogP contribution is -2.19. The molecule has 166 valence electrons. The van der Waals surface area contributed by atoms with Crippen LogP contribution in [-0.4, -0.2) is 17.0 Å². The van der Waals surface area contributed by atoms with Crippen LogP contribution in [0.2, 0.25) is 0 Å². The summed E-state index contributed by atoms with van der Waals surface area (Å²) in [6.45, 7) is 0.240. The highest BCUT2D eigenvalue weighted by Crippen LogP contribution is 2.29. The molecule has 0 aliphatic rings. The summed E-state index contributed by atoms with van der Waals surface area (Å²) >= 11 is 4.22. The lowest BCUT2D eigenvalue weighted by molar-refractivity contribution is -0.384. The number of ether oxygens (including phenoxy) is 1. The Morgan fingerprint density at radius 3 is 2.42 bits per heavy atom. The highest BCUT2D eigenvalue weighted by Gasteiger charge is 2.12. The summed E-state index contributed by atoms with van der Waals surface area (Å²) in [7, 11) is 0. The van der Waals surface area contributed by atoms with E-state index in [0.29, 0.717) is 11.3 Å². The van der Waals surface area contributed by atoms with E-state index in [0.717, 1.165) is 18.8 Å². The molecule has 1 N–H and O–H groups in total. The Kier molecular flexibility index (Phi) is 8.28. The second kappa shape index (κ2) is 11.1. The van der Waals surface area contributed by atoms with E-state index in [1.54, 1.807) is 30.3 Å². The number of carbonyl (C=O) groups is 1. The van der Waals surface area contributed by atoms with Crippen LogP contribution in [0.5, 0.6) is 5.75 Å². The number of amides is 1. The highest BCUT2D eigenvalue weighted by atomic mass is 127. The summed E-state index contributed by atoms with van der Waals surface area (Å²) < 4.78 is 21.4. The monoisotopic (exact) mass is 670 g/mol. The van der Waals surface area contributed by atoms with Gasteiger partial charge < -0.3 is 4.74 Å². The number of nitrogens with zero attached hydrogens (tertiary/aromatic N) is 3. The molecule has 3 aromatic rings. The second-order valence-corrected chi connectivity index (χ2v) is 8.86. The van der Waals surface area contributed by atoms with Gasteiger partial charge in [0.25, 0.3) is 11.6 Å². The van der Waals surface area contributed by atoms with Gasteiger partial charge in [-0.1, -0.05) is 0 Å². The Bertz CT molecular complexity index is 1270. The van der Waals surface area contributed by atoms with E-state index in [1.807, 2.05) is 0 Å². The predicted octanol–water partition coefficient (Wildman–Crippen LogP) is 5.16. The van der Waals surface area contributed by atoms with Crippen LogP contribution < -0.4 is 10.2 Å². The first-order valence-corrected chi connectivity index (χ1v) is 11.3.